The zero-order valence-electron chi connectivity index (χ0n) is 17.2. The topological polar surface area (TPSA) is 87.9 Å². The summed E-state index contributed by atoms with van der Waals surface area (Å²) in [6.07, 6.45) is -0.389. The lowest BCUT2D eigenvalue weighted by Gasteiger charge is -2.31. The summed E-state index contributed by atoms with van der Waals surface area (Å²) in [5, 5.41) is 2.61. The van der Waals surface area contributed by atoms with Crippen LogP contribution in [-0.4, -0.2) is 61.6 Å². The van der Waals surface area contributed by atoms with Gasteiger partial charge in [0.15, 0.2) is 0 Å². The largest absolute Gasteiger partial charge is 0.418 e. The fraction of sp³-hybridized carbons (Fsp3) is 0.619. The van der Waals surface area contributed by atoms with Crippen LogP contribution < -0.4 is 16.0 Å². The Kier molecular flexibility index (Phi) is 6.23. The van der Waals surface area contributed by atoms with E-state index in [1.807, 2.05) is 0 Å². The van der Waals surface area contributed by atoms with Gasteiger partial charge in [0, 0.05) is 31.4 Å². The summed E-state index contributed by atoms with van der Waals surface area (Å²) < 4.78 is 46.3. The van der Waals surface area contributed by atoms with E-state index in [1.165, 1.54) is 12.1 Å². The van der Waals surface area contributed by atoms with Crippen LogP contribution in [0.1, 0.15) is 31.2 Å². The highest BCUT2D eigenvalue weighted by atomic mass is 19.4. The molecule has 1 heterocycles. The zero-order valence-corrected chi connectivity index (χ0v) is 17.2. The Morgan fingerprint density at radius 3 is 2.61 bits per heavy atom. The molecule has 3 fully saturated rings. The first kappa shape index (κ1) is 22.0. The molecule has 0 bridgehead atoms. The first-order chi connectivity index (χ1) is 14.8. The fourth-order valence-corrected chi connectivity index (χ4v) is 4.00. The third-order valence-electron chi connectivity index (χ3n) is 5.95. The molecule has 0 aromatic heterocycles. The molecule has 1 aliphatic heterocycles. The van der Waals surface area contributed by atoms with Gasteiger partial charge < -0.3 is 20.7 Å². The second-order valence-electron chi connectivity index (χ2n) is 8.44. The Morgan fingerprint density at radius 2 is 2.03 bits per heavy atom. The first-order valence-corrected chi connectivity index (χ1v) is 10.6. The van der Waals surface area contributed by atoms with Crippen LogP contribution in [0, 0.1) is 5.92 Å². The maximum atomic E-state index is 13.8. The first-order valence-electron chi connectivity index (χ1n) is 10.6. The van der Waals surface area contributed by atoms with Crippen molar-refractivity contribution in [2.24, 2.45) is 11.7 Å². The lowest BCUT2D eigenvalue weighted by atomic mass is 10.1. The third-order valence-corrected chi connectivity index (χ3v) is 5.95. The number of rotatable bonds is 8. The maximum absolute atomic E-state index is 13.8. The van der Waals surface area contributed by atoms with E-state index < -0.39 is 29.6 Å². The molecule has 1 atom stereocenters. The molecule has 31 heavy (non-hydrogen) atoms. The highest BCUT2D eigenvalue weighted by Gasteiger charge is 2.40. The molecule has 7 nitrogen and oxygen atoms in total. The summed E-state index contributed by atoms with van der Waals surface area (Å²) in [6, 6.07) is 3.23. The van der Waals surface area contributed by atoms with Gasteiger partial charge in [0.1, 0.15) is 12.6 Å². The van der Waals surface area contributed by atoms with E-state index in [9.17, 15) is 22.8 Å². The molecule has 4 rings (SSSR count). The number of nitrogens with two attached hydrogens (primary N) is 1. The average molecular weight is 440 g/mol. The number of halogens is 3. The Morgan fingerprint density at radius 1 is 1.29 bits per heavy atom. The molecule has 1 saturated heterocycles. The molecule has 1 aromatic carbocycles. The molecular weight excluding hydrogens is 413 g/mol. The lowest BCUT2D eigenvalue weighted by molar-refractivity contribution is -0.137. The second-order valence-corrected chi connectivity index (χ2v) is 8.44. The predicted octanol–water partition coefficient (Wildman–Crippen LogP) is 2.21. The molecule has 2 amide bonds. The molecule has 2 saturated carbocycles. The van der Waals surface area contributed by atoms with Crippen molar-refractivity contribution in [2.45, 2.75) is 43.9 Å². The summed E-state index contributed by atoms with van der Waals surface area (Å²) in [4.78, 5) is 28.2. The second kappa shape index (κ2) is 8.76. The van der Waals surface area contributed by atoms with Crippen LogP contribution >= 0.6 is 0 Å². The average Bonchev–Trinajstić information content (AvgIpc) is 3.61. The van der Waals surface area contributed by atoms with Gasteiger partial charge in [0.2, 0.25) is 5.91 Å². The highest BCUT2D eigenvalue weighted by Crippen LogP contribution is 2.39. The number of alkyl halides is 3. The smallest absolute Gasteiger partial charge is 0.370 e. The Bertz CT molecular complexity index is 840. The van der Waals surface area contributed by atoms with Crippen LogP contribution in [0.25, 0.3) is 0 Å². The molecule has 3 aliphatic rings. The van der Waals surface area contributed by atoms with Gasteiger partial charge in [0.25, 0.3) is 5.91 Å². The summed E-state index contributed by atoms with van der Waals surface area (Å²) >= 11 is 0. The third kappa shape index (κ3) is 5.19. The molecule has 10 heteroatoms. The minimum absolute atomic E-state index is 0.0300. The van der Waals surface area contributed by atoms with Crippen LogP contribution in [0.2, 0.25) is 0 Å². The summed E-state index contributed by atoms with van der Waals surface area (Å²) in [7, 11) is 0. The number of nitrogens with zero attached hydrogens (tertiary/aromatic N) is 2. The molecule has 170 valence electrons. The summed E-state index contributed by atoms with van der Waals surface area (Å²) in [6.45, 7) is 0.845. The quantitative estimate of drug-likeness (QED) is 0.647. The molecule has 1 aromatic rings. The Labute approximate surface area is 178 Å². The van der Waals surface area contributed by atoms with Crippen molar-refractivity contribution >= 4 is 23.2 Å². The molecule has 0 spiro atoms. The van der Waals surface area contributed by atoms with Crippen molar-refractivity contribution < 1.29 is 27.5 Å². The van der Waals surface area contributed by atoms with E-state index in [1.54, 1.807) is 0 Å². The van der Waals surface area contributed by atoms with Crippen LogP contribution in [0.4, 0.5) is 24.5 Å². The molecule has 0 unspecified atom stereocenters. The van der Waals surface area contributed by atoms with Crippen LogP contribution in [0.5, 0.6) is 0 Å². The minimum atomic E-state index is -4.69. The highest BCUT2D eigenvalue weighted by molar-refractivity contribution is 5.98. The number of hydrogen-bond donors (Lipinski definition) is 2. The van der Waals surface area contributed by atoms with E-state index >= 15 is 0 Å². The normalized spacial score (nSPS) is 20.8. The number of carbonyl (C=O) groups excluding carboxylic acids is 2. The van der Waals surface area contributed by atoms with Crippen molar-refractivity contribution in [2.75, 3.05) is 43.1 Å². The van der Waals surface area contributed by atoms with Crippen molar-refractivity contribution in [1.29, 1.82) is 0 Å². The minimum Gasteiger partial charge on any atom is -0.370 e. The van der Waals surface area contributed by atoms with Crippen LogP contribution in [0.15, 0.2) is 18.2 Å². The number of amides is 2. The van der Waals surface area contributed by atoms with E-state index in [-0.39, 0.29) is 37.7 Å². The van der Waals surface area contributed by atoms with Crippen LogP contribution in [0.3, 0.4) is 0 Å². The van der Waals surface area contributed by atoms with Crippen molar-refractivity contribution in [1.82, 2.24) is 4.90 Å². The monoisotopic (exact) mass is 440 g/mol. The van der Waals surface area contributed by atoms with Crippen LogP contribution in [-0.2, 0) is 20.5 Å². The fourth-order valence-electron chi connectivity index (χ4n) is 4.00. The number of carbonyl (C=O) groups is 2. The van der Waals surface area contributed by atoms with E-state index in [0.717, 1.165) is 43.2 Å². The van der Waals surface area contributed by atoms with Gasteiger partial charge in [-0.25, -0.2) is 0 Å². The Hall–Kier alpha value is -2.17. The standard InChI is InChI=1S/C21H27F3N4O3/c22-21(23,24)16-9-14(3-6-17(16)27-7-8-31-12-19(27)29)26-20(30)18(10-25)28(15-4-5-15)11-13-1-2-13/h3,6,9,13,15,18H,1-2,4-5,7-8,10-12,25H2,(H,26,30)/t18-/m1/s1. The van der Waals surface area contributed by atoms with E-state index in [4.69, 9.17) is 10.5 Å². The number of hydrogen-bond acceptors (Lipinski definition) is 5. The molecule has 0 radical (unpaired) electrons. The van der Waals surface area contributed by atoms with Crippen molar-refractivity contribution in [3.8, 4) is 0 Å². The van der Waals surface area contributed by atoms with E-state index in [2.05, 4.69) is 10.2 Å². The number of morpholine rings is 1. The summed E-state index contributed by atoms with van der Waals surface area (Å²) in [5.41, 5.74) is 4.71. The number of nitrogens with one attached hydrogen (secondary N) is 1. The Balaban J connectivity index is 1.54. The predicted molar refractivity (Wildman–Crippen MR) is 109 cm³/mol. The molecule has 3 N–H and O–H groups in total. The van der Waals surface area contributed by atoms with Gasteiger partial charge >= 0.3 is 6.18 Å². The van der Waals surface area contributed by atoms with Crippen molar-refractivity contribution in [3.63, 3.8) is 0 Å². The molecule has 2 aliphatic carbocycles. The summed E-state index contributed by atoms with van der Waals surface area (Å²) in [5.74, 6) is -0.361. The number of ether oxygens (including phenoxy) is 1. The molecular formula is C21H27F3N4O3. The van der Waals surface area contributed by atoms with Gasteiger partial charge in [0.05, 0.1) is 17.9 Å². The SMILES string of the molecule is NC[C@H](C(=O)Nc1ccc(N2CCOCC2=O)c(C(F)(F)F)c1)N(CC1CC1)C1CC1. The lowest BCUT2D eigenvalue weighted by Crippen LogP contribution is -2.50. The maximum Gasteiger partial charge on any atom is 0.418 e. The number of anilines is 2. The van der Waals surface area contributed by atoms with E-state index in [0.29, 0.717) is 12.0 Å². The van der Waals surface area contributed by atoms with Gasteiger partial charge in [-0.1, -0.05) is 0 Å². The number of benzene rings is 1. The zero-order chi connectivity index (χ0) is 22.2. The van der Waals surface area contributed by atoms with Gasteiger partial charge in [-0.15, -0.1) is 0 Å². The van der Waals surface area contributed by atoms with Gasteiger partial charge in [-0.2, -0.15) is 13.2 Å². The van der Waals surface area contributed by atoms with Gasteiger partial charge in [-0.05, 0) is 49.8 Å². The van der Waals surface area contributed by atoms with Gasteiger partial charge in [-0.3, -0.25) is 14.5 Å². The van der Waals surface area contributed by atoms with Crippen molar-refractivity contribution in [3.05, 3.63) is 23.8 Å².